The quantitative estimate of drug-likeness (QED) is 0.610. The fraction of sp³-hybridized carbons (Fsp3) is 0.786. The predicted molar refractivity (Wildman–Crippen MR) is 73.8 cm³/mol. The van der Waals surface area contributed by atoms with Crippen molar-refractivity contribution in [2.45, 2.75) is 63.8 Å². The van der Waals surface area contributed by atoms with Gasteiger partial charge in [0.05, 0.1) is 0 Å². The van der Waals surface area contributed by atoms with Crippen LogP contribution in [0, 0.1) is 5.92 Å². The van der Waals surface area contributed by atoms with Gasteiger partial charge >= 0.3 is 5.97 Å². The third-order valence-corrected chi connectivity index (χ3v) is 3.76. The summed E-state index contributed by atoms with van der Waals surface area (Å²) in [5, 5.41) is 11.5. The summed E-state index contributed by atoms with van der Waals surface area (Å²) in [5.41, 5.74) is 4.99. The fourth-order valence-corrected chi connectivity index (χ4v) is 2.63. The summed E-state index contributed by atoms with van der Waals surface area (Å²) >= 11 is 0. The number of carboxylic acid groups (broad SMARTS) is 1. The Kier molecular flexibility index (Phi) is 7.04. The van der Waals surface area contributed by atoms with Crippen LogP contribution in [0.25, 0.3) is 0 Å². The first-order valence-corrected chi connectivity index (χ1v) is 7.29. The molecule has 0 aromatic heterocycles. The van der Waals surface area contributed by atoms with Crippen molar-refractivity contribution < 1.29 is 19.5 Å². The molecule has 0 bridgehead atoms. The van der Waals surface area contributed by atoms with Gasteiger partial charge in [-0.1, -0.05) is 25.7 Å². The number of primary amides is 1. The number of nitrogens with one attached hydrogen (secondary N) is 1. The van der Waals surface area contributed by atoms with Gasteiger partial charge in [0.1, 0.15) is 6.04 Å². The van der Waals surface area contributed by atoms with Crippen LogP contribution in [-0.2, 0) is 14.4 Å². The van der Waals surface area contributed by atoms with Crippen LogP contribution in [0.4, 0.5) is 0 Å². The minimum absolute atomic E-state index is 0.0410. The largest absolute Gasteiger partial charge is 0.480 e. The number of amides is 2. The molecule has 1 rings (SSSR count). The summed E-state index contributed by atoms with van der Waals surface area (Å²) in [5.74, 6) is -1.58. The van der Waals surface area contributed by atoms with Gasteiger partial charge in [-0.15, -0.1) is 0 Å². The Balaban J connectivity index is 2.40. The van der Waals surface area contributed by atoms with Crippen LogP contribution < -0.4 is 11.1 Å². The van der Waals surface area contributed by atoms with E-state index in [1.165, 1.54) is 12.8 Å². The number of rotatable bonds is 7. The summed E-state index contributed by atoms with van der Waals surface area (Å²) in [4.78, 5) is 33.6. The van der Waals surface area contributed by atoms with Gasteiger partial charge in [0.2, 0.25) is 11.8 Å². The molecule has 1 fully saturated rings. The second-order valence-electron chi connectivity index (χ2n) is 5.53. The minimum atomic E-state index is -1.12. The smallest absolute Gasteiger partial charge is 0.326 e. The highest BCUT2D eigenvalue weighted by Crippen LogP contribution is 2.25. The van der Waals surface area contributed by atoms with E-state index in [1.807, 2.05) is 0 Å². The van der Waals surface area contributed by atoms with Gasteiger partial charge in [-0.05, 0) is 25.2 Å². The Bertz CT molecular complexity index is 349. The Morgan fingerprint density at radius 2 is 1.75 bits per heavy atom. The Morgan fingerprint density at radius 1 is 1.15 bits per heavy atom. The first-order valence-electron chi connectivity index (χ1n) is 7.29. The van der Waals surface area contributed by atoms with E-state index in [9.17, 15) is 14.4 Å². The normalized spacial score (nSPS) is 18.0. The average molecular weight is 284 g/mol. The van der Waals surface area contributed by atoms with Crippen LogP contribution in [-0.4, -0.2) is 28.9 Å². The van der Waals surface area contributed by atoms with E-state index < -0.39 is 17.9 Å². The lowest BCUT2D eigenvalue weighted by Gasteiger charge is -2.17. The van der Waals surface area contributed by atoms with Crippen molar-refractivity contribution in [3.8, 4) is 0 Å². The molecule has 0 unspecified atom stereocenters. The van der Waals surface area contributed by atoms with Crippen molar-refractivity contribution in [2.24, 2.45) is 11.7 Å². The molecule has 0 saturated heterocycles. The van der Waals surface area contributed by atoms with E-state index in [-0.39, 0.29) is 18.7 Å². The molecule has 0 aliphatic heterocycles. The lowest BCUT2D eigenvalue weighted by molar-refractivity contribution is -0.142. The maximum atomic E-state index is 11.9. The maximum Gasteiger partial charge on any atom is 0.326 e. The number of hydrogen-bond donors (Lipinski definition) is 3. The molecule has 0 radical (unpaired) electrons. The highest BCUT2D eigenvalue weighted by molar-refractivity contribution is 5.84. The SMILES string of the molecule is NC(=O)CC[C@H](NC(=O)CC1CCCCCC1)C(=O)O. The Hall–Kier alpha value is -1.59. The standard InChI is InChI=1S/C14H24N2O4/c15-12(17)8-7-11(14(19)20)16-13(18)9-10-5-3-1-2-4-6-10/h10-11H,1-9H2,(H2,15,17)(H,16,18)(H,19,20)/t11-/m0/s1. The Labute approximate surface area is 119 Å². The third-order valence-electron chi connectivity index (χ3n) is 3.76. The van der Waals surface area contributed by atoms with Crippen molar-refractivity contribution >= 4 is 17.8 Å². The van der Waals surface area contributed by atoms with Gasteiger partial charge in [-0.25, -0.2) is 4.79 Å². The first kappa shape index (κ1) is 16.5. The summed E-state index contributed by atoms with van der Waals surface area (Å²) in [6, 6.07) is -1.03. The number of carboxylic acids is 1. The molecule has 6 heteroatoms. The van der Waals surface area contributed by atoms with Gasteiger partial charge in [-0.2, -0.15) is 0 Å². The molecule has 1 aliphatic carbocycles. The molecule has 1 atom stereocenters. The van der Waals surface area contributed by atoms with Crippen LogP contribution in [0.3, 0.4) is 0 Å². The van der Waals surface area contributed by atoms with E-state index >= 15 is 0 Å². The topological polar surface area (TPSA) is 109 Å². The third kappa shape index (κ3) is 6.54. The zero-order valence-electron chi connectivity index (χ0n) is 11.8. The average Bonchev–Trinajstić information content (AvgIpc) is 2.62. The lowest BCUT2D eigenvalue weighted by Crippen LogP contribution is -2.42. The van der Waals surface area contributed by atoms with Gasteiger partial charge < -0.3 is 16.2 Å². The fourth-order valence-electron chi connectivity index (χ4n) is 2.63. The molecule has 4 N–H and O–H groups in total. The monoisotopic (exact) mass is 284 g/mol. The predicted octanol–water partition coefficient (Wildman–Crippen LogP) is 1.18. The summed E-state index contributed by atoms with van der Waals surface area (Å²) < 4.78 is 0. The van der Waals surface area contributed by atoms with Crippen LogP contribution in [0.5, 0.6) is 0 Å². The summed E-state index contributed by atoms with van der Waals surface area (Å²) in [6.45, 7) is 0. The van der Waals surface area contributed by atoms with Gasteiger partial charge in [0.15, 0.2) is 0 Å². The van der Waals surface area contributed by atoms with E-state index in [0.29, 0.717) is 12.3 Å². The maximum absolute atomic E-state index is 11.9. The van der Waals surface area contributed by atoms with E-state index in [0.717, 1.165) is 25.7 Å². The summed E-state index contributed by atoms with van der Waals surface area (Å²) in [6.07, 6.45) is 7.16. The van der Waals surface area contributed by atoms with Crippen LogP contribution in [0.15, 0.2) is 0 Å². The van der Waals surface area contributed by atoms with Gasteiger partial charge in [0.25, 0.3) is 0 Å². The molecule has 1 saturated carbocycles. The molecule has 20 heavy (non-hydrogen) atoms. The van der Waals surface area contributed by atoms with Gasteiger partial charge in [0, 0.05) is 12.8 Å². The molecule has 1 aliphatic rings. The molecule has 2 amide bonds. The number of carbonyl (C=O) groups is 3. The number of carbonyl (C=O) groups excluding carboxylic acids is 2. The molecule has 114 valence electrons. The van der Waals surface area contributed by atoms with Crippen LogP contribution in [0.2, 0.25) is 0 Å². The molecule has 6 nitrogen and oxygen atoms in total. The zero-order chi connectivity index (χ0) is 15.0. The van der Waals surface area contributed by atoms with Crippen molar-refractivity contribution in [1.29, 1.82) is 0 Å². The zero-order valence-corrected chi connectivity index (χ0v) is 11.8. The minimum Gasteiger partial charge on any atom is -0.480 e. The molecule has 0 aromatic carbocycles. The van der Waals surface area contributed by atoms with Gasteiger partial charge in [-0.3, -0.25) is 9.59 Å². The first-order chi connectivity index (χ1) is 9.49. The highest BCUT2D eigenvalue weighted by atomic mass is 16.4. The lowest BCUT2D eigenvalue weighted by atomic mass is 9.96. The molecular weight excluding hydrogens is 260 g/mol. The Morgan fingerprint density at radius 3 is 2.25 bits per heavy atom. The molecule has 0 heterocycles. The highest BCUT2D eigenvalue weighted by Gasteiger charge is 2.22. The van der Waals surface area contributed by atoms with Crippen molar-refractivity contribution in [3.05, 3.63) is 0 Å². The van der Waals surface area contributed by atoms with Crippen molar-refractivity contribution in [2.75, 3.05) is 0 Å². The van der Waals surface area contributed by atoms with E-state index in [1.54, 1.807) is 0 Å². The number of nitrogens with two attached hydrogens (primary N) is 1. The van der Waals surface area contributed by atoms with Crippen molar-refractivity contribution in [1.82, 2.24) is 5.32 Å². The second-order valence-corrected chi connectivity index (χ2v) is 5.53. The van der Waals surface area contributed by atoms with Crippen LogP contribution >= 0.6 is 0 Å². The van der Waals surface area contributed by atoms with E-state index in [2.05, 4.69) is 5.32 Å². The van der Waals surface area contributed by atoms with Crippen LogP contribution in [0.1, 0.15) is 57.8 Å². The molecular formula is C14H24N2O4. The van der Waals surface area contributed by atoms with Crippen molar-refractivity contribution in [3.63, 3.8) is 0 Å². The van der Waals surface area contributed by atoms with E-state index in [4.69, 9.17) is 10.8 Å². The second kappa shape index (κ2) is 8.55. The number of aliphatic carboxylic acids is 1. The summed E-state index contributed by atoms with van der Waals surface area (Å²) in [7, 11) is 0. The molecule has 0 aromatic rings. The number of hydrogen-bond acceptors (Lipinski definition) is 3. The molecule has 0 spiro atoms.